The Morgan fingerprint density at radius 2 is 1.79 bits per heavy atom. The van der Waals surface area contributed by atoms with Crippen LogP contribution in [0.3, 0.4) is 0 Å². The first-order valence-electron chi connectivity index (χ1n) is 7.09. The van der Waals surface area contributed by atoms with E-state index in [4.69, 9.17) is 16.3 Å². The fourth-order valence-corrected chi connectivity index (χ4v) is 3.22. The molecule has 3 unspecified atom stereocenters. The van der Waals surface area contributed by atoms with Crippen LogP contribution in [0.1, 0.15) is 17.0 Å². The molecule has 0 saturated carbocycles. The SMILES string of the molecule is O=C(O)C1C(c2ccccc2)c2cc(Cl)ccc2OC1C(F)(F)F. The molecule has 2 aromatic carbocycles. The van der Waals surface area contributed by atoms with E-state index >= 15 is 0 Å². The lowest BCUT2D eigenvalue weighted by atomic mass is 9.75. The van der Waals surface area contributed by atoms with Crippen molar-refractivity contribution in [2.45, 2.75) is 18.2 Å². The second-order valence-electron chi connectivity index (χ2n) is 5.51. The molecule has 0 aromatic heterocycles. The average Bonchev–Trinajstić information content (AvgIpc) is 2.52. The van der Waals surface area contributed by atoms with Gasteiger partial charge in [0.05, 0.1) is 0 Å². The fraction of sp³-hybridized carbons (Fsp3) is 0.235. The Morgan fingerprint density at radius 3 is 2.38 bits per heavy atom. The third kappa shape index (κ3) is 2.94. The van der Waals surface area contributed by atoms with E-state index < -0.39 is 30.1 Å². The van der Waals surface area contributed by atoms with Crippen molar-refractivity contribution in [1.82, 2.24) is 0 Å². The predicted octanol–water partition coefficient (Wildman–Crippen LogP) is 4.50. The largest absolute Gasteiger partial charge is 0.481 e. The van der Waals surface area contributed by atoms with E-state index in [1.165, 1.54) is 18.2 Å². The van der Waals surface area contributed by atoms with Crippen LogP contribution in [0.2, 0.25) is 5.02 Å². The standard InChI is InChI=1S/C17H12ClF3O3/c18-10-6-7-12-11(8-10)13(9-4-2-1-3-5-9)14(16(22)23)15(24-12)17(19,20)21/h1-8,13-15H,(H,22,23). The van der Waals surface area contributed by atoms with Crippen LogP contribution in [0.15, 0.2) is 48.5 Å². The predicted molar refractivity (Wildman–Crippen MR) is 81.3 cm³/mol. The summed E-state index contributed by atoms with van der Waals surface area (Å²) in [6.45, 7) is 0. The van der Waals surface area contributed by atoms with Gasteiger partial charge >= 0.3 is 12.1 Å². The number of alkyl halides is 3. The normalized spacial score (nSPS) is 23.2. The van der Waals surface area contributed by atoms with Crippen LogP contribution < -0.4 is 4.74 Å². The Hall–Kier alpha value is -2.21. The summed E-state index contributed by atoms with van der Waals surface area (Å²) >= 11 is 5.96. The van der Waals surface area contributed by atoms with Crippen LogP contribution in [0, 0.1) is 5.92 Å². The zero-order chi connectivity index (χ0) is 17.5. The summed E-state index contributed by atoms with van der Waals surface area (Å²) in [5.41, 5.74) is 0.799. The molecule has 3 nitrogen and oxygen atoms in total. The number of carboxylic acid groups (broad SMARTS) is 1. The van der Waals surface area contributed by atoms with E-state index in [0.717, 1.165) is 0 Å². The Bertz CT molecular complexity index is 761. The van der Waals surface area contributed by atoms with E-state index in [9.17, 15) is 23.1 Å². The molecular formula is C17H12ClF3O3. The van der Waals surface area contributed by atoms with Crippen LogP contribution in [0.4, 0.5) is 13.2 Å². The van der Waals surface area contributed by atoms with Gasteiger partial charge in [0.1, 0.15) is 11.7 Å². The van der Waals surface area contributed by atoms with Crippen molar-refractivity contribution in [2.24, 2.45) is 5.92 Å². The van der Waals surface area contributed by atoms with E-state index in [0.29, 0.717) is 16.1 Å². The van der Waals surface area contributed by atoms with E-state index in [1.54, 1.807) is 30.3 Å². The molecule has 1 N–H and O–H groups in total. The van der Waals surface area contributed by atoms with Crippen molar-refractivity contribution in [3.05, 3.63) is 64.7 Å². The maximum Gasteiger partial charge on any atom is 0.426 e. The molecule has 24 heavy (non-hydrogen) atoms. The number of ether oxygens (including phenoxy) is 1. The fourth-order valence-electron chi connectivity index (χ4n) is 3.04. The molecule has 1 aliphatic rings. The molecule has 1 heterocycles. The number of carbonyl (C=O) groups is 1. The molecule has 3 atom stereocenters. The Morgan fingerprint density at radius 1 is 1.12 bits per heavy atom. The van der Waals surface area contributed by atoms with Crippen LogP contribution in [-0.4, -0.2) is 23.4 Å². The van der Waals surface area contributed by atoms with Gasteiger partial charge in [-0.2, -0.15) is 13.2 Å². The summed E-state index contributed by atoms with van der Waals surface area (Å²) in [5, 5.41) is 9.78. The quantitative estimate of drug-likeness (QED) is 0.862. The van der Waals surface area contributed by atoms with Gasteiger partial charge in [-0.25, -0.2) is 0 Å². The summed E-state index contributed by atoms with van der Waals surface area (Å²) < 4.78 is 45.2. The van der Waals surface area contributed by atoms with Crippen LogP contribution in [-0.2, 0) is 4.79 Å². The molecule has 2 aromatic rings. The van der Waals surface area contributed by atoms with Crippen LogP contribution in [0.25, 0.3) is 0 Å². The second kappa shape index (κ2) is 6.02. The van der Waals surface area contributed by atoms with Gasteiger partial charge in [0.15, 0.2) is 0 Å². The number of hydrogen-bond acceptors (Lipinski definition) is 2. The molecule has 0 saturated heterocycles. The highest BCUT2D eigenvalue weighted by Gasteiger charge is 2.56. The molecule has 3 rings (SSSR count). The molecule has 7 heteroatoms. The monoisotopic (exact) mass is 356 g/mol. The third-order valence-electron chi connectivity index (χ3n) is 4.01. The van der Waals surface area contributed by atoms with Gasteiger partial charge in [0.2, 0.25) is 6.10 Å². The minimum Gasteiger partial charge on any atom is -0.481 e. The second-order valence-corrected chi connectivity index (χ2v) is 5.95. The summed E-state index contributed by atoms with van der Waals surface area (Å²) in [5.74, 6) is -4.40. The van der Waals surface area contributed by atoms with Gasteiger partial charge in [-0.15, -0.1) is 0 Å². The van der Waals surface area contributed by atoms with Crippen molar-refractivity contribution in [3.63, 3.8) is 0 Å². The molecule has 0 spiro atoms. The number of halogens is 4. The van der Waals surface area contributed by atoms with Gasteiger partial charge in [0, 0.05) is 16.5 Å². The molecule has 1 aliphatic heterocycles. The molecular weight excluding hydrogens is 345 g/mol. The number of carboxylic acids is 1. The molecule has 0 aliphatic carbocycles. The maximum absolute atomic E-state index is 13.4. The topological polar surface area (TPSA) is 46.5 Å². The zero-order valence-electron chi connectivity index (χ0n) is 12.1. The number of fused-ring (bicyclic) bond motifs is 1. The zero-order valence-corrected chi connectivity index (χ0v) is 12.9. The highest BCUT2D eigenvalue weighted by atomic mass is 35.5. The van der Waals surface area contributed by atoms with Crippen molar-refractivity contribution in [1.29, 1.82) is 0 Å². The number of aliphatic carboxylic acids is 1. The highest BCUT2D eigenvalue weighted by Crippen LogP contribution is 2.48. The van der Waals surface area contributed by atoms with E-state index in [1.807, 2.05) is 0 Å². The maximum atomic E-state index is 13.4. The first kappa shape index (κ1) is 16.6. The Labute approximate surface area is 140 Å². The molecule has 0 fully saturated rings. The molecule has 0 amide bonds. The lowest BCUT2D eigenvalue weighted by Gasteiger charge is -2.38. The van der Waals surface area contributed by atoms with Crippen molar-refractivity contribution in [2.75, 3.05) is 0 Å². The van der Waals surface area contributed by atoms with Gasteiger partial charge in [-0.05, 0) is 23.8 Å². The minimum atomic E-state index is -4.81. The van der Waals surface area contributed by atoms with Gasteiger partial charge in [-0.3, -0.25) is 4.79 Å². The highest BCUT2D eigenvalue weighted by molar-refractivity contribution is 6.30. The minimum absolute atomic E-state index is 0.00641. The summed E-state index contributed by atoms with van der Waals surface area (Å²) in [6.07, 6.45) is -7.25. The first-order chi connectivity index (χ1) is 11.3. The summed E-state index contributed by atoms with van der Waals surface area (Å²) in [7, 11) is 0. The van der Waals surface area contributed by atoms with E-state index in [2.05, 4.69) is 0 Å². The lowest BCUT2D eigenvalue weighted by Crippen LogP contribution is -2.49. The lowest BCUT2D eigenvalue weighted by molar-refractivity contribution is -0.219. The van der Waals surface area contributed by atoms with Crippen molar-refractivity contribution < 1.29 is 27.8 Å². The number of rotatable bonds is 2. The van der Waals surface area contributed by atoms with Crippen molar-refractivity contribution >= 4 is 17.6 Å². The van der Waals surface area contributed by atoms with Gasteiger partial charge in [0.25, 0.3) is 0 Å². The summed E-state index contributed by atoms with van der Waals surface area (Å²) in [4.78, 5) is 11.7. The van der Waals surface area contributed by atoms with Crippen molar-refractivity contribution in [3.8, 4) is 5.75 Å². The molecule has 126 valence electrons. The Balaban J connectivity index is 2.24. The molecule has 0 bridgehead atoms. The number of benzene rings is 2. The molecule has 0 radical (unpaired) electrons. The Kier molecular flexibility index (Phi) is 4.17. The van der Waals surface area contributed by atoms with Crippen LogP contribution in [0.5, 0.6) is 5.75 Å². The van der Waals surface area contributed by atoms with Gasteiger partial charge < -0.3 is 9.84 Å². The third-order valence-corrected chi connectivity index (χ3v) is 4.25. The van der Waals surface area contributed by atoms with E-state index in [-0.39, 0.29) is 5.75 Å². The average molecular weight is 357 g/mol. The van der Waals surface area contributed by atoms with Crippen LogP contribution >= 0.6 is 11.6 Å². The smallest absolute Gasteiger partial charge is 0.426 e. The summed E-state index contributed by atoms with van der Waals surface area (Å²) in [6, 6.07) is 12.4. The first-order valence-corrected chi connectivity index (χ1v) is 7.47. The van der Waals surface area contributed by atoms with Gasteiger partial charge in [-0.1, -0.05) is 41.9 Å². The number of hydrogen-bond donors (Lipinski definition) is 1.